The normalized spacial score (nSPS) is 21.3. The second kappa shape index (κ2) is 10.7. The average Bonchev–Trinajstić information content (AvgIpc) is 2.65. The highest BCUT2D eigenvalue weighted by Gasteiger charge is 2.27. The fraction of sp³-hybridized carbons (Fsp3) is 0.600. The molecule has 0 spiro atoms. The van der Waals surface area contributed by atoms with Gasteiger partial charge in [-0.3, -0.25) is 9.79 Å². The van der Waals surface area contributed by atoms with Crippen LogP contribution in [-0.4, -0.2) is 44.3 Å². The number of guanidine groups is 1. The maximum Gasteiger partial charge on any atom is 0.308 e. The fourth-order valence-electron chi connectivity index (χ4n) is 3.18. The number of esters is 1. The first-order chi connectivity index (χ1) is 13.0. The lowest BCUT2D eigenvalue weighted by atomic mass is 9.86. The molecule has 1 fully saturated rings. The summed E-state index contributed by atoms with van der Waals surface area (Å²) in [5.41, 5.74) is 0. The van der Waals surface area contributed by atoms with Crippen LogP contribution in [0.1, 0.15) is 39.5 Å². The number of nitrogens with zero attached hydrogens (tertiary/aromatic N) is 1. The van der Waals surface area contributed by atoms with E-state index in [1.54, 1.807) is 19.2 Å². The third-order valence-electron chi connectivity index (χ3n) is 4.60. The highest BCUT2D eigenvalue weighted by molar-refractivity contribution is 5.80. The van der Waals surface area contributed by atoms with Gasteiger partial charge in [-0.05, 0) is 51.7 Å². The molecule has 0 heterocycles. The van der Waals surface area contributed by atoms with Crippen LogP contribution in [0.5, 0.6) is 5.75 Å². The zero-order chi connectivity index (χ0) is 19.6. The quantitative estimate of drug-likeness (QED) is 0.433. The molecule has 1 aliphatic rings. The van der Waals surface area contributed by atoms with Gasteiger partial charge in [0.1, 0.15) is 17.7 Å². The Labute approximate surface area is 160 Å². The molecule has 0 bridgehead atoms. The number of carbonyl (C=O) groups excluding carboxylic acids is 1. The Morgan fingerprint density at radius 1 is 1.33 bits per heavy atom. The van der Waals surface area contributed by atoms with Crippen molar-refractivity contribution in [2.75, 3.05) is 20.2 Å². The van der Waals surface area contributed by atoms with Crippen LogP contribution in [0, 0.1) is 11.7 Å². The molecule has 0 aliphatic heterocycles. The number of benzene rings is 1. The molecule has 0 saturated heterocycles. The van der Waals surface area contributed by atoms with Gasteiger partial charge in [0, 0.05) is 19.2 Å². The first-order valence-corrected chi connectivity index (χ1v) is 9.57. The molecule has 1 aliphatic carbocycles. The van der Waals surface area contributed by atoms with Crippen molar-refractivity contribution in [3.05, 3.63) is 30.1 Å². The summed E-state index contributed by atoms with van der Waals surface area (Å²) in [4.78, 5) is 16.1. The monoisotopic (exact) mass is 379 g/mol. The third kappa shape index (κ3) is 7.07. The van der Waals surface area contributed by atoms with E-state index in [9.17, 15) is 9.18 Å². The van der Waals surface area contributed by atoms with E-state index in [-0.39, 0.29) is 29.9 Å². The van der Waals surface area contributed by atoms with E-state index in [0.29, 0.717) is 24.9 Å². The molecular formula is C20H30FN3O3. The number of aliphatic imine (C=N–C) groups is 1. The molecule has 2 rings (SSSR count). The van der Waals surface area contributed by atoms with E-state index < -0.39 is 0 Å². The van der Waals surface area contributed by atoms with Gasteiger partial charge in [0.25, 0.3) is 0 Å². The van der Waals surface area contributed by atoms with E-state index in [4.69, 9.17) is 9.47 Å². The first kappa shape index (κ1) is 21.0. The summed E-state index contributed by atoms with van der Waals surface area (Å²) in [6.07, 6.45) is 3.31. The van der Waals surface area contributed by atoms with Crippen LogP contribution in [0.15, 0.2) is 29.3 Å². The van der Waals surface area contributed by atoms with Crippen LogP contribution in [-0.2, 0) is 9.53 Å². The van der Waals surface area contributed by atoms with Crippen LogP contribution >= 0.6 is 0 Å². The Morgan fingerprint density at radius 3 is 2.70 bits per heavy atom. The maximum absolute atomic E-state index is 13.2. The van der Waals surface area contributed by atoms with Crippen molar-refractivity contribution in [3.8, 4) is 5.75 Å². The van der Waals surface area contributed by atoms with Gasteiger partial charge < -0.3 is 20.1 Å². The molecule has 1 saturated carbocycles. The van der Waals surface area contributed by atoms with E-state index >= 15 is 0 Å². The molecule has 7 heteroatoms. The standard InChI is InChI=1S/C20H30FN3O3/c1-4-26-19(25)15-8-10-17(11-9-15)24-20(22-3)23-13-14(2)27-18-7-5-6-16(21)12-18/h5-7,12,14-15,17H,4,8-11,13H2,1-3H3,(H2,22,23,24). The Kier molecular flexibility index (Phi) is 8.36. The summed E-state index contributed by atoms with van der Waals surface area (Å²) in [5.74, 6) is 0.816. The molecule has 150 valence electrons. The Morgan fingerprint density at radius 2 is 2.07 bits per heavy atom. The van der Waals surface area contributed by atoms with Gasteiger partial charge in [0.2, 0.25) is 0 Å². The molecule has 6 nitrogen and oxygen atoms in total. The molecule has 27 heavy (non-hydrogen) atoms. The number of hydrogen-bond donors (Lipinski definition) is 2. The number of carbonyl (C=O) groups is 1. The molecule has 0 aromatic heterocycles. The predicted molar refractivity (Wildman–Crippen MR) is 103 cm³/mol. The molecule has 1 aromatic carbocycles. The summed E-state index contributed by atoms with van der Waals surface area (Å²) in [7, 11) is 1.72. The summed E-state index contributed by atoms with van der Waals surface area (Å²) >= 11 is 0. The van der Waals surface area contributed by atoms with Gasteiger partial charge in [0.15, 0.2) is 5.96 Å². The van der Waals surface area contributed by atoms with Crippen molar-refractivity contribution in [1.82, 2.24) is 10.6 Å². The number of halogens is 1. The minimum absolute atomic E-state index is 0.0117. The van der Waals surface area contributed by atoms with Gasteiger partial charge in [-0.25, -0.2) is 4.39 Å². The topological polar surface area (TPSA) is 72.0 Å². The van der Waals surface area contributed by atoms with Crippen LogP contribution < -0.4 is 15.4 Å². The number of rotatable bonds is 7. The van der Waals surface area contributed by atoms with Crippen molar-refractivity contribution in [2.24, 2.45) is 10.9 Å². The van der Waals surface area contributed by atoms with E-state index in [1.165, 1.54) is 12.1 Å². The van der Waals surface area contributed by atoms with Gasteiger partial charge in [-0.2, -0.15) is 0 Å². The van der Waals surface area contributed by atoms with Crippen molar-refractivity contribution < 1.29 is 18.7 Å². The Bertz CT molecular complexity index is 631. The zero-order valence-electron chi connectivity index (χ0n) is 16.3. The zero-order valence-corrected chi connectivity index (χ0v) is 16.3. The summed E-state index contributed by atoms with van der Waals surface area (Å²) in [6.45, 7) is 4.72. The third-order valence-corrected chi connectivity index (χ3v) is 4.60. The minimum atomic E-state index is -0.316. The highest BCUT2D eigenvalue weighted by atomic mass is 19.1. The lowest BCUT2D eigenvalue weighted by Gasteiger charge is -2.29. The van der Waals surface area contributed by atoms with Gasteiger partial charge >= 0.3 is 5.97 Å². The molecule has 1 atom stereocenters. The van der Waals surface area contributed by atoms with Gasteiger partial charge in [-0.15, -0.1) is 0 Å². The lowest BCUT2D eigenvalue weighted by Crippen LogP contribution is -2.47. The second-order valence-electron chi connectivity index (χ2n) is 6.78. The maximum atomic E-state index is 13.2. The van der Waals surface area contributed by atoms with Gasteiger partial charge in [-0.1, -0.05) is 6.07 Å². The molecule has 0 amide bonds. The molecular weight excluding hydrogens is 349 g/mol. The predicted octanol–water partition coefficient (Wildman–Crippen LogP) is 2.88. The Balaban J connectivity index is 1.72. The smallest absolute Gasteiger partial charge is 0.308 e. The average molecular weight is 379 g/mol. The SMILES string of the molecule is CCOC(=O)C1CCC(NC(=NC)NCC(C)Oc2cccc(F)c2)CC1. The molecule has 1 aromatic rings. The number of nitrogens with one attached hydrogen (secondary N) is 2. The minimum Gasteiger partial charge on any atom is -0.489 e. The van der Waals surface area contributed by atoms with E-state index in [2.05, 4.69) is 15.6 Å². The fourth-order valence-corrected chi connectivity index (χ4v) is 3.18. The summed E-state index contributed by atoms with van der Waals surface area (Å²) in [5, 5.41) is 6.63. The van der Waals surface area contributed by atoms with Crippen LogP contribution in [0.4, 0.5) is 4.39 Å². The molecule has 1 unspecified atom stereocenters. The van der Waals surface area contributed by atoms with Crippen molar-refractivity contribution in [3.63, 3.8) is 0 Å². The number of ether oxygens (including phenoxy) is 2. The first-order valence-electron chi connectivity index (χ1n) is 9.57. The van der Waals surface area contributed by atoms with Gasteiger partial charge in [0.05, 0.1) is 19.1 Å². The Hall–Kier alpha value is -2.31. The van der Waals surface area contributed by atoms with Crippen LogP contribution in [0.3, 0.4) is 0 Å². The van der Waals surface area contributed by atoms with Crippen molar-refractivity contribution in [1.29, 1.82) is 0 Å². The molecule has 2 N–H and O–H groups in total. The van der Waals surface area contributed by atoms with E-state index in [0.717, 1.165) is 25.7 Å². The van der Waals surface area contributed by atoms with Crippen molar-refractivity contribution in [2.45, 2.75) is 51.7 Å². The van der Waals surface area contributed by atoms with E-state index in [1.807, 2.05) is 13.8 Å². The van der Waals surface area contributed by atoms with Crippen LogP contribution in [0.2, 0.25) is 0 Å². The lowest BCUT2D eigenvalue weighted by molar-refractivity contribution is -0.149. The number of hydrogen-bond acceptors (Lipinski definition) is 4. The summed E-state index contributed by atoms with van der Waals surface area (Å²) < 4.78 is 24.0. The van der Waals surface area contributed by atoms with Crippen molar-refractivity contribution >= 4 is 11.9 Å². The summed E-state index contributed by atoms with van der Waals surface area (Å²) in [6, 6.07) is 6.39. The highest BCUT2D eigenvalue weighted by Crippen LogP contribution is 2.25. The van der Waals surface area contributed by atoms with Crippen LogP contribution in [0.25, 0.3) is 0 Å². The largest absolute Gasteiger partial charge is 0.489 e. The second-order valence-corrected chi connectivity index (χ2v) is 6.78. The molecule has 0 radical (unpaired) electrons.